The van der Waals surface area contributed by atoms with E-state index < -0.39 is 21.5 Å². The highest BCUT2D eigenvalue weighted by Crippen LogP contribution is 2.28. The Bertz CT molecular complexity index is 666. The molecule has 116 valence electrons. The van der Waals surface area contributed by atoms with Crippen molar-refractivity contribution in [2.75, 3.05) is 19.8 Å². The SMILES string of the molecule is Cc1ccc(S(=O)(=O)N2CCOCC2(C)C)cc1C(=O)O. The first-order valence-electron chi connectivity index (χ1n) is 6.61. The van der Waals surface area contributed by atoms with Crippen molar-refractivity contribution in [3.8, 4) is 0 Å². The Morgan fingerprint density at radius 2 is 2.05 bits per heavy atom. The minimum atomic E-state index is -3.75. The zero-order chi connectivity index (χ0) is 15.8. The van der Waals surface area contributed by atoms with Crippen LogP contribution >= 0.6 is 0 Å². The van der Waals surface area contributed by atoms with Crippen LogP contribution in [0.2, 0.25) is 0 Å². The fourth-order valence-corrected chi connectivity index (χ4v) is 4.19. The minimum Gasteiger partial charge on any atom is -0.478 e. The first-order valence-corrected chi connectivity index (χ1v) is 8.05. The predicted octanol–water partition coefficient (Wildman–Crippen LogP) is 1.49. The van der Waals surface area contributed by atoms with E-state index in [-0.39, 0.29) is 17.0 Å². The second-order valence-electron chi connectivity index (χ2n) is 5.72. The molecular formula is C14H19NO5S. The zero-order valence-corrected chi connectivity index (χ0v) is 13.1. The third-order valence-electron chi connectivity index (χ3n) is 3.60. The molecule has 1 aliphatic rings. The summed E-state index contributed by atoms with van der Waals surface area (Å²) < 4.78 is 32.2. The van der Waals surface area contributed by atoms with Crippen LogP contribution in [0.25, 0.3) is 0 Å². The number of hydrogen-bond donors (Lipinski definition) is 1. The van der Waals surface area contributed by atoms with E-state index in [0.29, 0.717) is 18.8 Å². The van der Waals surface area contributed by atoms with E-state index in [1.54, 1.807) is 20.8 Å². The quantitative estimate of drug-likeness (QED) is 0.914. The number of carboxylic acid groups (broad SMARTS) is 1. The van der Waals surface area contributed by atoms with Gasteiger partial charge in [-0.1, -0.05) is 6.07 Å². The lowest BCUT2D eigenvalue weighted by Gasteiger charge is -2.40. The summed E-state index contributed by atoms with van der Waals surface area (Å²) in [5.74, 6) is -1.13. The average molecular weight is 313 g/mol. The van der Waals surface area contributed by atoms with E-state index >= 15 is 0 Å². The van der Waals surface area contributed by atoms with Crippen LogP contribution in [0.1, 0.15) is 29.8 Å². The maximum atomic E-state index is 12.8. The number of rotatable bonds is 3. The van der Waals surface area contributed by atoms with E-state index in [0.717, 1.165) is 0 Å². The first-order chi connectivity index (χ1) is 9.66. The van der Waals surface area contributed by atoms with Crippen LogP contribution in [0.15, 0.2) is 23.1 Å². The summed E-state index contributed by atoms with van der Waals surface area (Å²) >= 11 is 0. The summed E-state index contributed by atoms with van der Waals surface area (Å²) in [6.07, 6.45) is 0. The smallest absolute Gasteiger partial charge is 0.335 e. The van der Waals surface area contributed by atoms with Gasteiger partial charge in [0.1, 0.15) is 0 Å². The molecule has 1 aliphatic heterocycles. The monoisotopic (exact) mass is 313 g/mol. The van der Waals surface area contributed by atoms with Gasteiger partial charge in [-0.05, 0) is 38.5 Å². The van der Waals surface area contributed by atoms with Crippen LogP contribution in [0.3, 0.4) is 0 Å². The Labute approximate surface area is 124 Å². The molecule has 0 unspecified atom stereocenters. The van der Waals surface area contributed by atoms with Crippen molar-refractivity contribution in [1.82, 2.24) is 4.31 Å². The van der Waals surface area contributed by atoms with Crippen LogP contribution in [-0.4, -0.2) is 49.1 Å². The van der Waals surface area contributed by atoms with E-state index in [9.17, 15) is 13.2 Å². The lowest BCUT2D eigenvalue weighted by atomic mass is 10.1. The number of ether oxygens (including phenoxy) is 1. The van der Waals surface area contributed by atoms with Gasteiger partial charge in [-0.3, -0.25) is 0 Å². The van der Waals surface area contributed by atoms with Crippen molar-refractivity contribution in [2.24, 2.45) is 0 Å². The molecule has 1 aromatic carbocycles. The number of aromatic carboxylic acids is 1. The van der Waals surface area contributed by atoms with Crippen molar-refractivity contribution in [1.29, 1.82) is 0 Å². The van der Waals surface area contributed by atoms with Gasteiger partial charge in [0.25, 0.3) is 0 Å². The molecule has 7 heteroatoms. The number of morpholine rings is 1. The third-order valence-corrected chi connectivity index (χ3v) is 5.70. The van der Waals surface area contributed by atoms with Gasteiger partial charge >= 0.3 is 5.97 Å². The molecule has 0 spiro atoms. The van der Waals surface area contributed by atoms with Gasteiger partial charge in [-0.2, -0.15) is 4.31 Å². The number of carboxylic acids is 1. The van der Waals surface area contributed by atoms with Crippen molar-refractivity contribution >= 4 is 16.0 Å². The number of aryl methyl sites for hydroxylation is 1. The van der Waals surface area contributed by atoms with Crippen LogP contribution in [0, 0.1) is 6.92 Å². The summed E-state index contributed by atoms with van der Waals surface area (Å²) in [7, 11) is -3.75. The molecule has 1 N–H and O–H groups in total. The number of sulfonamides is 1. The molecular weight excluding hydrogens is 294 g/mol. The van der Waals surface area contributed by atoms with Crippen LogP contribution in [-0.2, 0) is 14.8 Å². The largest absolute Gasteiger partial charge is 0.478 e. The molecule has 6 nitrogen and oxygen atoms in total. The van der Waals surface area contributed by atoms with Crippen LogP contribution < -0.4 is 0 Å². The van der Waals surface area contributed by atoms with Gasteiger partial charge in [-0.25, -0.2) is 13.2 Å². The molecule has 0 radical (unpaired) electrons. The molecule has 0 bridgehead atoms. The Morgan fingerprint density at radius 1 is 1.38 bits per heavy atom. The van der Waals surface area contributed by atoms with Gasteiger partial charge in [0.05, 0.1) is 29.2 Å². The Kier molecular flexibility index (Phi) is 4.10. The molecule has 0 aromatic heterocycles. The lowest BCUT2D eigenvalue weighted by Crippen LogP contribution is -2.55. The minimum absolute atomic E-state index is 0.000440. The Morgan fingerprint density at radius 3 is 2.62 bits per heavy atom. The molecule has 0 atom stereocenters. The second-order valence-corrected chi connectivity index (χ2v) is 7.59. The van der Waals surface area contributed by atoms with Crippen molar-refractivity contribution < 1.29 is 23.1 Å². The topological polar surface area (TPSA) is 83.9 Å². The number of carbonyl (C=O) groups is 1. The highest BCUT2D eigenvalue weighted by atomic mass is 32.2. The number of benzene rings is 1. The molecule has 1 aromatic rings. The number of hydrogen-bond acceptors (Lipinski definition) is 4. The summed E-state index contributed by atoms with van der Waals surface area (Å²) in [4.78, 5) is 11.2. The Balaban J connectivity index is 2.49. The fourth-order valence-electron chi connectivity index (χ4n) is 2.41. The molecule has 1 saturated heterocycles. The summed E-state index contributed by atoms with van der Waals surface area (Å²) in [6.45, 7) is 6.11. The van der Waals surface area contributed by atoms with E-state index in [2.05, 4.69) is 0 Å². The van der Waals surface area contributed by atoms with E-state index in [1.807, 2.05) is 0 Å². The molecule has 0 amide bonds. The predicted molar refractivity (Wildman–Crippen MR) is 76.9 cm³/mol. The summed E-state index contributed by atoms with van der Waals surface area (Å²) in [5.41, 5.74) is -0.129. The average Bonchev–Trinajstić information content (AvgIpc) is 2.37. The van der Waals surface area contributed by atoms with Crippen molar-refractivity contribution in [3.05, 3.63) is 29.3 Å². The first kappa shape index (κ1) is 15.9. The molecule has 1 heterocycles. The van der Waals surface area contributed by atoms with Gasteiger partial charge in [0.15, 0.2) is 0 Å². The van der Waals surface area contributed by atoms with Crippen molar-refractivity contribution in [3.63, 3.8) is 0 Å². The normalized spacial score (nSPS) is 19.4. The highest BCUT2D eigenvalue weighted by Gasteiger charge is 2.39. The standard InChI is InChI=1S/C14H19NO5S/c1-10-4-5-11(8-12(10)13(16)17)21(18,19)15-6-7-20-9-14(15,2)3/h4-5,8H,6-7,9H2,1-3H3,(H,16,17). The molecule has 0 aliphatic carbocycles. The molecule has 1 fully saturated rings. The second kappa shape index (κ2) is 5.40. The van der Waals surface area contributed by atoms with E-state index in [1.165, 1.54) is 22.5 Å². The Hall–Kier alpha value is -1.44. The van der Waals surface area contributed by atoms with Gasteiger partial charge < -0.3 is 9.84 Å². The zero-order valence-electron chi connectivity index (χ0n) is 12.3. The molecule has 2 rings (SSSR count). The molecule has 21 heavy (non-hydrogen) atoms. The number of nitrogens with zero attached hydrogens (tertiary/aromatic N) is 1. The molecule has 0 saturated carbocycles. The van der Waals surface area contributed by atoms with Crippen LogP contribution in [0.5, 0.6) is 0 Å². The lowest BCUT2D eigenvalue weighted by molar-refractivity contribution is -0.00770. The van der Waals surface area contributed by atoms with Gasteiger partial charge in [-0.15, -0.1) is 0 Å². The van der Waals surface area contributed by atoms with Gasteiger partial charge in [0.2, 0.25) is 10.0 Å². The maximum Gasteiger partial charge on any atom is 0.335 e. The third kappa shape index (κ3) is 2.95. The fraction of sp³-hybridized carbons (Fsp3) is 0.500. The highest BCUT2D eigenvalue weighted by molar-refractivity contribution is 7.89. The summed E-state index contributed by atoms with van der Waals surface area (Å²) in [5, 5.41) is 9.14. The summed E-state index contributed by atoms with van der Waals surface area (Å²) in [6, 6.07) is 4.19. The maximum absolute atomic E-state index is 12.8. The van der Waals surface area contributed by atoms with Crippen molar-refractivity contribution in [2.45, 2.75) is 31.2 Å². The van der Waals surface area contributed by atoms with Gasteiger partial charge in [0, 0.05) is 6.54 Å². The van der Waals surface area contributed by atoms with E-state index in [4.69, 9.17) is 9.84 Å². The van der Waals surface area contributed by atoms with Crippen LogP contribution in [0.4, 0.5) is 0 Å².